The summed E-state index contributed by atoms with van der Waals surface area (Å²) in [6.45, 7) is 0.688. The highest BCUT2D eigenvalue weighted by atomic mass is 35.5. The van der Waals surface area contributed by atoms with E-state index in [1.807, 2.05) is 36.2 Å². The summed E-state index contributed by atoms with van der Waals surface area (Å²) >= 11 is 7.30. The van der Waals surface area contributed by atoms with Crippen molar-refractivity contribution < 1.29 is 9.18 Å². The first kappa shape index (κ1) is 16.8. The number of benzene rings is 2. The molecule has 0 saturated heterocycles. The van der Waals surface area contributed by atoms with E-state index >= 15 is 0 Å². The first-order valence-electron chi connectivity index (χ1n) is 7.29. The van der Waals surface area contributed by atoms with E-state index in [2.05, 4.69) is 10.3 Å². The topological polar surface area (TPSA) is 45.2 Å². The first-order valence-corrected chi connectivity index (χ1v) is 8.48. The maximum atomic E-state index is 13.7. The van der Waals surface area contributed by atoms with Crippen LogP contribution in [0.25, 0.3) is 10.2 Å². The highest BCUT2D eigenvalue weighted by Gasteiger charge is 2.12. The number of anilines is 1. The van der Waals surface area contributed by atoms with Gasteiger partial charge in [0, 0.05) is 5.02 Å². The lowest BCUT2D eigenvalue weighted by Gasteiger charge is -2.15. The molecule has 1 N–H and O–H groups in total. The van der Waals surface area contributed by atoms with Crippen molar-refractivity contribution in [2.45, 2.75) is 6.54 Å². The summed E-state index contributed by atoms with van der Waals surface area (Å²) in [5.41, 5.74) is 1.08. The van der Waals surface area contributed by atoms with Gasteiger partial charge in [-0.3, -0.25) is 9.69 Å². The third-order valence-electron chi connectivity index (χ3n) is 3.36. The van der Waals surface area contributed by atoms with Gasteiger partial charge in [0.05, 0.1) is 29.0 Å². The van der Waals surface area contributed by atoms with Crippen LogP contribution in [0.1, 0.15) is 5.01 Å². The van der Waals surface area contributed by atoms with Crippen LogP contribution in [0.5, 0.6) is 0 Å². The van der Waals surface area contributed by atoms with Gasteiger partial charge in [0.2, 0.25) is 5.91 Å². The van der Waals surface area contributed by atoms with Gasteiger partial charge in [0.15, 0.2) is 0 Å². The van der Waals surface area contributed by atoms with Crippen molar-refractivity contribution in [3.63, 3.8) is 0 Å². The Kier molecular flexibility index (Phi) is 5.08. The molecule has 0 bridgehead atoms. The number of likely N-dealkylation sites (N-methyl/N-ethyl adjacent to an activating group) is 1. The Morgan fingerprint density at radius 3 is 2.88 bits per heavy atom. The number of hydrogen-bond donors (Lipinski definition) is 1. The summed E-state index contributed by atoms with van der Waals surface area (Å²) in [4.78, 5) is 18.4. The van der Waals surface area contributed by atoms with E-state index in [0.29, 0.717) is 11.6 Å². The van der Waals surface area contributed by atoms with Gasteiger partial charge in [-0.1, -0.05) is 23.7 Å². The fraction of sp³-hybridized carbons (Fsp3) is 0.176. The Hall–Kier alpha value is -2.02. The molecule has 0 atom stereocenters. The molecule has 124 valence electrons. The second-order valence-corrected chi connectivity index (χ2v) is 6.97. The smallest absolute Gasteiger partial charge is 0.238 e. The van der Waals surface area contributed by atoms with Crippen LogP contribution in [0.3, 0.4) is 0 Å². The SMILES string of the molecule is CN(CC(=O)Nc1ccc(Cl)cc1F)Cc1nc2ccccc2s1. The van der Waals surface area contributed by atoms with E-state index in [1.165, 1.54) is 18.2 Å². The van der Waals surface area contributed by atoms with Gasteiger partial charge in [0.1, 0.15) is 10.8 Å². The maximum Gasteiger partial charge on any atom is 0.238 e. The van der Waals surface area contributed by atoms with Crippen LogP contribution in [-0.2, 0) is 11.3 Å². The van der Waals surface area contributed by atoms with Gasteiger partial charge in [-0.05, 0) is 37.4 Å². The average Bonchev–Trinajstić information content (AvgIpc) is 2.91. The number of aromatic nitrogens is 1. The Bertz CT molecular complexity index is 850. The second kappa shape index (κ2) is 7.25. The molecule has 7 heteroatoms. The Labute approximate surface area is 147 Å². The van der Waals surface area contributed by atoms with Crippen molar-refractivity contribution in [2.75, 3.05) is 18.9 Å². The molecular formula is C17H15ClFN3OS. The van der Waals surface area contributed by atoms with E-state index in [-0.39, 0.29) is 18.1 Å². The number of halogens is 2. The largest absolute Gasteiger partial charge is 0.322 e. The lowest BCUT2D eigenvalue weighted by Crippen LogP contribution is -2.30. The highest BCUT2D eigenvalue weighted by Crippen LogP contribution is 2.22. The molecule has 3 rings (SSSR count). The molecule has 1 aromatic heterocycles. The zero-order valence-corrected chi connectivity index (χ0v) is 14.5. The fourth-order valence-corrected chi connectivity index (χ4v) is 3.51. The number of nitrogens with one attached hydrogen (secondary N) is 1. The normalized spacial score (nSPS) is 11.2. The number of thiazole rings is 1. The standard InChI is InChI=1S/C17H15ClFN3OS/c1-22(10-17-21-14-4-2-3-5-15(14)24-17)9-16(23)20-13-7-6-11(18)8-12(13)19/h2-8H,9-10H2,1H3,(H,20,23). The number of carbonyl (C=O) groups excluding carboxylic acids is 1. The molecule has 0 saturated carbocycles. The molecule has 0 aliphatic heterocycles. The summed E-state index contributed by atoms with van der Waals surface area (Å²) < 4.78 is 14.8. The summed E-state index contributed by atoms with van der Waals surface area (Å²) in [5, 5.41) is 3.77. The van der Waals surface area contributed by atoms with E-state index in [1.54, 1.807) is 11.3 Å². The zero-order valence-electron chi connectivity index (χ0n) is 12.9. The van der Waals surface area contributed by atoms with Crippen molar-refractivity contribution in [3.8, 4) is 0 Å². The molecule has 2 aromatic carbocycles. The number of fused-ring (bicyclic) bond motifs is 1. The van der Waals surface area contributed by atoms with Crippen LogP contribution in [0, 0.1) is 5.82 Å². The predicted octanol–water partition coefficient (Wildman–Crippen LogP) is 4.16. The minimum Gasteiger partial charge on any atom is -0.322 e. The number of rotatable bonds is 5. The summed E-state index contributed by atoms with van der Waals surface area (Å²) in [6, 6.07) is 12.1. The van der Waals surface area contributed by atoms with E-state index in [9.17, 15) is 9.18 Å². The third-order valence-corrected chi connectivity index (χ3v) is 4.62. The van der Waals surface area contributed by atoms with E-state index < -0.39 is 5.82 Å². The molecule has 0 radical (unpaired) electrons. The molecule has 0 aliphatic rings. The summed E-state index contributed by atoms with van der Waals surface area (Å²) in [7, 11) is 1.82. The van der Waals surface area contributed by atoms with Crippen LogP contribution in [0.2, 0.25) is 5.02 Å². The van der Waals surface area contributed by atoms with E-state index in [4.69, 9.17) is 11.6 Å². The molecule has 1 amide bonds. The molecular weight excluding hydrogens is 349 g/mol. The van der Waals surface area contributed by atoms with Crippen molar-refractivity contribution in [3.05, 3.63) is 58.3 Å². The zero-order chi connectivity index (χ0) is 17.1. The van der Waals surface area contributed by atoms with Crippen molar-refractivity contribution >= 4 is 44.7 Å². The van der Waals surface area contributed by atoms with Crippen LogP contribution >= 0.6 is 22.9 Å². The molecule has 0 aliphatic carbocycles. The fourth-order valence-electron chi connectivity index (χ4n) is 2.30. The monoisotopic (exact) mass is 363 g/mol. The molecule has 0 fully saturated rings. The summed E-state index contributed by atoms with van der Waals surface area (Å²) in [5.74, 6) is -0.843. The number of carbonyl (C=O) groups is 1. The van der Waals surface area contributed by atoms with Crippen LogP contribution in [0.4, 0.5) is 10.1 Å². The summed E-state index contributed by atoms with van der Waals surface area (Å²) in [6.07, 6.45) is 0. The molecule has 1 heterocycles. The second-order valence-electron chi connectivity index (χ2n) is 5.42. The highest BCUT2D eigenvalue weighted by molar-refractivity contribution is 7.18. The Morgan fingerprint density at radius 2 is 2.12 bits per heavy atom. The van der Waals surface area contributed by atoms with Crippen LogP contribution in [0.15, 0.2) is 42.5 Å². The Balaban J connectivity index is 1.59. The molecule has 24 heavy (non-hydrogen) atoms. The predicted molar refractivity (Wildman–Crippen MR) is 96.0 cm³/mol. The van der Waals surface area contributed by atoms with Crippen LogP contribution < -0.4 is 5.32 Å². The van der Waals surface area contributed by atoms with Gasteiger partial charge in [0.25, 0.3) is 0 Å². The Morgan fingerprint density at radius 1 is 1.33 bits per heavy atom. The van der Waals surface area contributed by atoms with Crippen LogP contribution in [-0.4, -0.2) is 29.4 Å². The van der Waals surface area contributed by atoms with Crippen molar-refractivity contribution in [1.82, 2.24) is 9.88 Å². The van der Waals surface area contributed by atoms with Gasteiger partial charge in [-0.2, -0.15) is 0 Å². The van der Waals surface area contributed by atoms with Gasteiger partial charge in [-0.25, -0.2) is 9.37 Å². The van der Waals surface area contributed by atoms with E-state index in [0.717, 1.165) is 15.2 Å². The number of nitrogens with zero attached hydrogens (tertiary/aromatic N) is 2. The first-order chi connectivity index (χ1) is 11.5. The molecule has 0 unspecified atom stereocenters. The van der Waals surface area contributed by atoms with Gasteiger partial charge < -0.3 is 5.32 Å². The lowest BCUT2D eigenvalue weighted by atomic mass is 10.3. The number of hydrogen-bond acceptors (Lipinski definition) is 4. The minimum absolute atomic E-state index is 0.123. The minimum atomic E-state index is -0.551. The van der Waals surface area contributed by atoms with Crippen molar-refractivity contribution in [2.24, 2.45) is 0 Å². The lowest BCUT2D eigenvalue weighted by molar-refractivity contribution is -0.117. The molecule has 0 spiro atoms. The van der Waals surface area contributed by atoms with Gasteiger partial charge >= 0.3 is 0 Å². The third kappa shape index (κ3) is 4.08. The molecule has 4 nitrogen and oxygen atoms in total. The van der Waals surface area contributed by atoms with Gasteiger partial charge in [-0.15, -0.1) is 11.3 Å². The number of para-hydroxylation sites is 1. The maximum absolute atomic E-state index is 13.7. The number of amides is 1. The quantitative estimate of drug-likeness (QED) is 0.740. The molecule has 3 aromatic rings. The van der Waals surface area contributed by atoms with Crippen molar-refractivity contribution in [1.29, 1.82) is 0 Å². The average molecular weight is 364 g/mol.